The van der Waals surface area contributed by atoms with Gasteiger partial charge in [-0.3, -0.25) is 14.6 Å². The number of pyridine rings is 1. The van der Waals surface area contributed by atoms with Crippen LogP contribution in [0.5, 0.6) is 5.75 Å². The molecule has 0 atom stereocenters. The van der Waals surface area contributed by atoms with Gasteiger partial charge in [-0.25, -0.2) is 4.79 Å². The molecule has 0 bridgehead atoms. The lowest BCUT2D eigenvalue weighted by Crippen LogP contribution is -2.34. The quantitative estimate of drug-likeness (QED) is 0.737. The lowest BCUT2D eigenvalue weighted by Gasteiger charge is -2.18. The van der Waals surface area contributed by atoms with Crippen molar-refractivity contribution in [3.8, 4) is 5.75 Å². The molecule has 2 N–H and O–H groups in total. The zero-order chi connectivity index (χ0) is 19.8. The van der Waals surface area contributed by atoms with Crippen molar-refractivity contribution in [2.24, 2.45) is 0 Å². The first-order valence-electron chi connectivity index (χ1n) is 8.46. The fraction of sp³-hybridized carbons (Fsp3) is 0.263. The van der Waals surface area contributed by atoms with Crippen LogP contribution in [0.15, 0.2) is 42.6 Å². The first-order chi connectivity index (χ1) is 12.9. The highest BCUT2D eigenvalue weighted by Crippen LogP contribution is 2.18. The van der Waals surface area contributed by atoms with Crippen LogP contribution in [0.4, 0.5) is 5.69 Å². The molecule has 0 fully saturated rings. The Morgan fingerprint density at radius 3 is 2.56 bits per heavy atom. The molecule has 0 aliphatic heterocycles. The molecule has 0 saturated carbocycles. The Bertz CT molecular complexity index is 834. The Morgan fingerprint density at radius 2 is 1.89 bits per heavy atom. The fourth-order valence-corrected chi connectivity index (χ4v) is 2.36. The van der Waals surface area contributed by atoms with E-state index in [1.165, 1.54) is 18.3 Å². The maximum absolute atomic E-state index is 12.3. The molecule has 142 valence electrons. The van der Waals surface area contributed by atoms with Crippen LogP contribution in [0.3, 0.4) is 0 Å². The molecule has 27 heavy (non-hydrogen) atoms. The number of benzene rings is 1. The normalized spacial score (nSPS) is 10.1. The Kier molecular flexibility index (Phi) is 6.87. The third-order valence-corrected chi connectivity index (χ3v) is 3.81. The molecule has 0 unspecified atom stereocenters. The van der Waals surface area contributed by atoms with Gasteiger partial charge < -0.3 is 20.1 Å². The van der Waals surface area contributed by atoms with Crippen LogP contribution in [-0.2, 0) is 4.79 Å². The number of amides is 2. The lowest BCUT2D eigenvalue weighted by molar-refractivity contribution is -0.132. The van der Waals surface area contributed by atoms with Crippen molar-refractivity contribution >= 4 is 23.5 Å². The number of carbonyl (C=O) groups is 3. The average Bonchev–Trinajstić information content (AvgIpc) is 2.67. The van der Waals surface area contributed by atoms with Gasteiger partial charge >= 0.3 is 5.97 Å². The second-order valence-electron chi connectivity index (χ2n) is 5.57. The molecule has 2 amide bonds. The van der Waals surface area contributed by atoms with Gasteiger partial charge in [0, 0.05) is 31.0 Å². The maximum Gasteiger partial charge on any atom is 0.335 e. The first-order valence-corrected chi connectivity index (χ1v) is 8.46. The number of aromatic nitrogens is 1. The zero-order valence-corrected chi connectivity index (χ0v) is 15.1. The van der Waals surface area contributed by atoms with Gasteiger partial charge in [0.1, 0.15) is 11.4 Å². The summed E-state index contributed by atoms with van der Waals surface area (Å²) < 4.78 is 5.50. The number of rotatable bonds is 8. The largest absolute Gasteiger partial charge is 0.484 e. The molecule has 8 nitrogen and oxygen atoms in total. The van der Waals surface area contributed by atoms with Gasteiger partial charge in [-0.15, -0.1) is 0 Å². The number of ether oxygens (including phenoxy) is 1. The van der Waals surface area contributed by atoms with Gasteiger partial charge in [-0.1, -0.05) is 6.07 Å². The van der Waals surface area contributed by atoms with Gasteiger partial charge in [0.2, 0.25) is 0 Å². The molecule has 2 rings (SSSR count). The van der Waals surface area contributed by atoms with Gasteiger partial charge in [-0.2, -0.15) is 0 Å². The zero-order valence-electron chi connectivity index (χ0n) is 15.1. The number of nitrogens with one attached hydrogen (secondary N) is 1. The van der Waals surface area contributed by atoms with Crippen molar-refractivity contribution in [1.82, 2.24) is 9.88 Å². The smallest absolute Gasteiger partial charge is 0.335 e. The van der Waals surface area contributed by atoms with E-state index in [0.717, 1.165) is 0 Å². The van der Waals surface area contributed by atoms with Crippen molar-refractivity contribution in [3.63, 3.8) is 0 Å². The molecule has 0 spiro atoms. The first kappa shape index (κ1) is 19.9. The van der Waals surface area contributed by atoms with E-state index in [0.29, 0.717) is 24.5 Å². The maximum atomic E-state index is 12.3. The molecule has 1 aromatic heterocycles. The van der Waals surface area contributed by atoms with Gasteiger partial charge in [0.25, 0.3) is 11.8 Å². The van der Waals surface area contributed by atoms with E-state index >= 15 is 0 Å². The fourth-order valence-electron chi connectivity index (χ4n) is 2.36. The summed E-state index contributed by atoms with van der Waals surface area (Å²) in [6, 6.07) is 9.08. The molecular formula is C19H21N3O5. The third-order valence-electron chi connectivity index (χ3n) is 3.81. The summed E-state index contributed by atoms with van der Waals surface area (Å²) in [7, 11) is 0. The topological polar surface area (TPSA) is 109 Å². The highest BCUT2D eigenvalue weighted by molar-refractivity contribution is 6.04. The summed E-state index contributed by atoms with van der Waals surface area (Å²) in [5.74, 6) is -1.38. The molecule has 1 heterocycles. The number of anilines is 1. The minimum absolute atomic E-state index is 0.0158. The number of hydrogen-bond donors (Lipinski definition) is 2. The summed E-state index contributed by atoms with van der Waals surface area (Å²) in [4.78, 5) is 40.8. The van der Waals surface area contributed by atoms with Crippen LogP contribution in [0.2, 0.25) is 0 Å². The Balaban J connectivity index is 2.03. The number of likely N-dealkylation sites (N-methyl/N-ethyl adjacent to an activating group) is 1. The van der Waals surface area contributed by atoms with E-state index in [9.17, 15) is 14.4 Å². The monoisotopic (exact) mass is 371 g/mol. The number of hydrogen-bond acceptors (Lipinski definition) is 5. The minimum atomic E-state index is -1.14. The summed E-state index contributed by atoms with van der Waals surface area (Å²) in [5, 5.41) is 11.6. The van der Waals surface area contributed by atoms with Crippen LogP contribution in [-0.4, -0.2) is 52.5 Å². The van der Waals surface area contributed by atoms with E-state index < -0.39 is 11.9 Å². The van der Waals surface area contributed by atoms with Crippen LogP contribution < -0.4 is 10.1 Å². The number of carboxylic acid groups (broad SMARTS) is 1. The Labute approximate surface area is 156 Å². The van der Waals surface area contributed by atoms with E-state index in [1.54, 1.807) is 29.2 Å². The van der Waals surface area contributed by atoms with Crippen LogP contribution >= 0.6 is 0 Å². The predicted octanol–water partition coefficient (Wildman–Crippen LogP) is 2.28. The number of aromatic carboxylic acids is 1. The molecule has 1 aromatic carbocycles. The molecule has 0 aliphatic rings. The highest BCUT2D eigenvalue weighted by Gasteiger charge is 2.13. The number of nitrogens with zero attached hydrogens (tertiary/aromatic N) is 2. The van der Waals surface area contributed by atoms with E-state index in [2.05, 4.69) is 10.3 Å². The standard InChI is InChI=1S/C19H21N3O5/c1-3-22(4-2)17(23)12-27-15-7-5-6-14(11-15)21-18(24)16-10-13(19(25)26)8-9-20-16/h5-11H,3-4,12H2,1-2H3,(H,21,24)(H,25,26). The Morgan fingerprint density at radius 1 is 1.15 bits per heavy atom. The predicted molar refractivity (Wildman–Crippen MR) is 99.0 cm³/mol. The summed E-state index contributed by atoms with van der Waals surface area (Å²) >= 11 is 0. The SMILES string of the molecule is CCN(CC)C(=O)COc1cccc(NC(=O)c2cc(C(=O)O)ccn2)c1. The average molecular weight is 371 g/mol. The van der Waals surface area contributed by atoms with E-state index in [-0.39, 0.29) is 23.8 Å². The van der Waals surface area contributed by atoms with Crippen molar-refractivity contribution in [2.45, 2.75) is 13.8 Å². The third kappa shape index (κ3) is 5.53. The van der Waals surface area contributed by atoms with E-state index in [1.807, 2.05) is 13.8 Å². The van der Waals surface area contributed by atoms with Crippen LogP contribution in [0.25, 0.3) is 0 Å². The second-order valence-corrected chi connectivity index (χ2v) is 5.57. The molecule has 8 heteroatoms. The van der Waals surface area contributed by atoms with Crippen LogP contribution in [0, 0.1) is 0 Å². The number of carboxylic acids is 1. The van der Waals surface area contributed by atoms with Crippen molar-refractivity contribution in [2.75, 3.05) is 25.0 Å². The lowest BCUT2D eigenvalue weighted by atomic mass is 10.2. The second kappa shape index (κ2) is 9.33. The van der Waals surface area contributed by atoms with E-state index in [4.69, 9.17) is 9.84 Å². The highest BCUT2D eigenvalue weighted by atomic mass is 16.5. The summed E-state index contributed by atoms with van der Waals surface area (Å²) in [6.45, 7) is 4.91. The molecule has 0 saturated heterocycles. The Hall–Kier alpha value is -3.42. The molecule has 0 radical (unpaired) electrons. The van der Waals surface area contributed by atoms with Gasteiger partial charge in [-0.05, 0) is 38.1 Å². The molecule has 0 aliphatic carbocycles. The minimum Gasteiger partial charge on any atom is -0.484 e. The molecule has 2 aromatic rings. The summed E-state index contributed by atoms with van der Waals surface area (Å²) in [6.07, 6.45) is 1.26. The van der Waals surface area contributed by atoms with Crippen molar-refractivity contribution in [1.29, 1.82) is 0 Å². The summed E-state index contributed by atoms with van der Waals surface area (Å²) in [5.41, 5.74) is 0.399. The number of carbonyl (C=O) groups excluding carboxylic acids is 2. The molecular weight excluding hydrogens is 350 g/mol. The van der Waals surface area contributed by atoms with Gasteiger partial charge in [0.05, 0.1) is 5.56 Å². The van der Waals surface area contributed by atoms with Gasteiger partial charge in [0.15, 0.2) is 6.61 Å². The van der Waals surface area contributed by atoms with Crippen LogP contribution in [0.1, 0.15) is 34.7 Å². The van der Waals surface area contributed by atoms with Crippen molar-refractivity contribution in [3.05, 3.63) is 53.9 Å². The van der Waals surface area contributed by atoms with Crippen molar-refractivity contribution < 1.29 is 24.2 Å².